The first-order chi connectivity index (χ1) is 8.28. The number of hydrogen-bond donors (Lipinski definition) is 1. The zero-order valence-electron chi connectivity index (χ0n) is 10.2. The van der Waals surface area contributed by atoms with Crippen LogP contribution >= 0.6 is 0 Å². The van der Waals surface area contributed by atoms with Gasteiger partial charge < -0.3 is 9.84 Å². The fraction of sp³-hybridized carbons (Fsp3) is 0.769. The standard InChI is InChI=1S/C13H20N2O2/c1-2-5-15-8-9(7-14-15)13(16)11-6-10-3-4-12(11)17-10/h7-8,10-13,16H,2-6H2,1H3. The number of aryl methyl sites for hydroxylation is 1. The van der Waals surface area contributed by atoms with Crippen molar-refractivity contribution in [3.8, 4) is 0 Å². The monoisotopic (exact) mass is 236 g/mol. The van der Waals surface area contributed by atoms with Crippen molar-refractivity contribution in [1.29, 1.82) is 0 Å². The van der Waals surface area contributed by atoms with E-state index in [2.05, 4.69) is 12.0 Å². The van der Waals surface area contributed by atoms with Crippen LogP contribution in [0.15, 0.2) is 12.4 Å². The number of ether oxygens (including phenoxy) is 1. The molecule has 3 heterocycles. The molecule has 0 radical (unpaired) electrons. The molecule has 1 aromatic rings. The average Bonchev–Trinajstić information content (AvgIpc) is 3.03. The molecule has 4 unspecified atom stereocenters. The van der Waals surface area contributed by atoms with E-state index < -0.39 is 6.10 Å². The number of fused-ring (bicyclic) bond motifs is 2. The fourth-order valence-electron chi connectivity index (χ4n) is 3.14. The number of aromatic nitrogens is 2. The normalized spacial score (nSPS) is 33.2. The van der Waals surface area contributed by atoms with E-state index >= 15 is 0 Å². The molecule has 0 amide bonds. The summed E-state index contributed by atoms with van der Waals surface area (Å²) in [4.78, 5) is 0. The summed E-state index contributed by atoms with van der Waals surface area (Å²) in [5.41, 5.74) is 0.944. The van der Waals surface area contributed by atoms with Crippen molar-refractivity contribution in [2.75, 3.05) is 0 Å². The first-order valence-electron chi connectivity index (χ1n) is 6.64. The number of nitrogens with zero attached hydrogens (tertiary/aromatic N) is 2. The van der Waals surface area contributed by atoms with Gasteiger partial charge in [0.05, 0.1) is 24.5 Å². The van der Waals surface area contributed by atoms with Crippen molar-refractivity contribution in [3.63, 3.8) is 0 Å². The summed E-state index contributed by atoms with van der Waals surface area (Å²) in [6, 6.07) is 0. The molecule has 1 aromatic heterocycles. The second-order valence-electron chi connectivity index (χ2n) is 5.26. The number of hydrogen-bond acceptors (Lipinski definition) is 3. The second-order valence-corrected chi connectivity index (χ2v) is 5.26. The van der Waals surface area contributed by atoms with Crippen LogP contribution in [-0.4, -0.2) is 27.1 Å². The largest absolute Gasteiger partial charge is 0.388 e. The lowest BCUT2D eigenvalue weighted by atomic mass is 9.83. The lowest BCUT2D eigenvalue weighted by Crippen LogP contribution is -2.23. The maximum absolute atomic E-state index is 10.4. The third kappa shape index (κ3) is 2.00. The molecule has 2 saturated heterocycles. The minimum Gasteiger partial charge on any atom is -0.388 e. The van der Waals surface area contributed by atoms with E-state index in [4.69, 9.17) is 4.74 Å². The van der Waals surface area contributed by atoms with Gasteiger partial charge in [0.25, 0.3) is 0 Å². The van der Waals surface area contributed by atoms with Crippen molar-refractivity contribution in [3.05, 3.63) is 18.0 Å². The van der Waals surface area contributed by atoms with Crippen LogP contribution in [0.1, 0.15) is 44.3 Å². The molecule has 2 aliphatic rings. The summed E-state index contributed by atoms with van der Waals surface area (Å²) in [6.07, 6.45) is 8.37. The fourth-order valence-corrected chi connectivity index (χ4v) is 3.14. The first kappa shape index (κ1) is 11.2. The zero-order chi connectivity index (χ0) is 11.8. The number of aliphatic hydroxyl groups is 1. The molecule has 4 atom stereocenters. The van der Waals surface area contributed by atoms with Crippen molar-refractivity contribution >= 4 is 0 Å². The summed E-state index contributed by atoms with van der Waals surface area (Å²) in [6.45, 7) is 3.04. The maximum atomic E-state index is 10.4. The van der Waals surface area contributed by atoms with Crippen molar-refractivity contribution in [2.45, 2.75) is 57.5 Å². The predicted molar refractivity (Wildman–Crippen MR) is 63.5 cm³/mol. The zero-order valence-corrected chi connectivity index (χ0v) is 10.2. The van der Waals surface area contributed by atoms with Gasteiger partial charge >= 0.3 is 0 Å². The molecule has 0 saturated carbocycles. The Hall–Kier alpha value is -0.870. The summed E-state index contributed by atoms with van der Waals surface area (Å²) >= 11 is 0. The van der Waals surface area contributed by atoms with E-state index in [1.165, 1.54) is 6.42 Å². The summed E-state index contributed by atoms with van der Waals surface area (Å²) in [5, 5.41) is 14.7. The van der Waals surface area contributed by atoms with Crippen LogP contribution in [0.2, 0.25) is 0 Å². The van der Waals surface area contributed by atoms with E-state index in [-0.39, 0.29) is 12.0 Å². The molecule has 17 heavy (non-hydrogen) atoms. The van der Waals surface area contributed by atoms with E-state index in [0.717, 1.165) is 31.4 Å². The number of aliphatic hydroxyl groups excluding tert-OH is 1. The first-order valence-corrected chi connectivity index (χ1v) is 6.64. The summed E-state index contributed by atoms with van der Waals surface area (Å²) in [7, 11) is 0. The third-order valence-electron chi connectivity index (χ3n) is 4.01. The SMILES string of the molecule is CCCn1cc(C(O)C2CC3CCC2O3)cn1. The molecule has 94 valence electrons. The molecule has 1 N–H and O–H groups in total. The van der Waals surface area contributed by atoms with E-state index in [1.807, 2.05) is 10.9 Å². The van der Waals surface area contributed by atoms with Crippen molar-refractivity contribution < 1.29 is 9.84 Å². The van der Waals surface area contributed by atoms with Gasteiger partial charge in [-0.25, -0.2) is 0 Å². The van der Waals surface area contributed by atoms with Crippen LogP contribution in [-0.2, 0) is 11.3 Å². The van der Waals surface area contributed by atoms with Gasteiger partial charge in [-0.3, -0.25) is 4.68 Å². The molecular formula is C13H20N2O2. The van der Waals surface area contributed by atoms with Crippen LogP contribution in [0, 0.1) is 5.92 Å². The Kier molecular flexibility index (Phi) is 2.92. The van der Waals surface area contributed by atoms with Gasteiger partial charge in [0, 0.05) is 24.2 Å². The Balaban J connectivity index is 1.70. The smallest absolute Gasteiger partial charge is 0.0874 e. The molecule has 4 nitrogen and oxygen atoms in total. The van der Waals surface area contributed by atoms with Crippen LogP contribution in [0.5, 0.6) is 0 Å². The molecule has 3 rings (SSSR count). The molecule has 0 spiro atoms. The van der Waals surface area contributed by atoms with E-state index in [0.29, 0.717) is 6.10 Å². The minimum atomic E-state index is -0.407. The second kappa shape index (κ2) is 4.42. The Labute approximate surface area is 102 Å². The van der Waals surface area contributed by atoms with Gasteiger partial charge in [0.2, 0.25) is 0 Å². The Morgan fingerprint density at radius 3 is 3.12 bits per heavy atom. The number of rotatable bonds is 4. The Bertz CT molecular complexity index is 391. The van der Waals surface area contributed by atoms with Crippen LogP contribution in [0.4, 0.5) is 0 Å². The highest BCUT2D eigenvalue weighted by atomic mass is 16.5. The summed E-state index contributed by atoms with van der Waals surface area (Å²) in [5.74, 6) is 0.271. The van der Waals surface area contributed by atoms with E-state index in [1.54, 1.807) is 6.20 Å². The van der Waals surface area contributed by atoms with E-state index in [9.17, 15) is 5.11 Å². The highest BCUT2D eigenvalue weighted by Gasteiger charge is 2.44. The topological polar surface area (TPSA) is 47.3 Å². The predicted octanol–water partition coefficient (Wildman–Crippen LogP) is 1.89. The lowest BCUT2D eigenvalue weighted by molar-refractivity contribution is 0.0422. The Morgan fingerprint density at radius 1 is 1.59 bits per heavy atom. The highest BCUT2D eigenvalue weighted by molar-refractivity contribution is 5.12. The minimum absolute atomic E-state index is 0.268. The molecule has 0 aromatic carbocycles. The highest BCUT2D eigenvalue weighted by Crippen LogP contribution is 2.44. The molecule has 2 fully saturated rings. The molecule has 2 aliphatic heterocycles. The Morgan fingerprint density at radius 2 is 2.47 bits per heavy atom. The average molecular weight is 236 g/mol. The quantitative estimate of drug-likeness (QED) is 0.868. The molecule has 4 heteroatoms. The molecule has 2 bridgehead atoms. The van der Waals surface area contributed by atoms with Gasteiger partial charge in [-0.05, 0) is 25.7 Å². The lowest BCUT2D eigenvalue weighted by Gasteiger charge is -2.23. The maximum Gasteiger partial charge on any atom is 0.0874 e. The van der Waals surface area contributed by atoms with Crippen molar-refractivity contribution in [1.82, 2.24) is 9.78 Å². The van der Waals surface area contributed by atoms with Crippen LogP contribution < -0.4 is 0 Å². The van der Waals surface area contributed by atoms with Crippen LogP contribution in [0.25, 0.3) is 0 Å². The van der Waals surface area contributed by atoms with Gasteiger partial charge in [0.15, 0.2) is 0 Å². The van der Waals surface area contributed by atoms with Gasteiger partial charge in [-0.2, -0.15) is 5.10 Å². The molecule has 0 aliphatic carbocycles. The summed E-state index contributed by atoms with van der Waals surface area (Å²) < 4.78 is 7.70. The van der Waals surface area contributed by atoms with Crippen molar-refractivity contribution in [2.24, 2.45) is 5.92 Å². The van der Waals surface area contributed by atoms with Crippen LogP contribution in [0.3, 0.4) is 0 Å². The third-order valence-corrected chi connectivity index (χ3v) is 4.01. The van der Waals surface area contributed by atoms with Gasteiger partial charge in [0.1, 0.15) is 0 Å². The molecular weight excluding hydrogens is 216 g/mol. The van der Waals surface area contributed by atoms with Gasteiger partial charge in [-0.1, -0.05) is 6.92 Å². The van der Waals surface area contributed by atoms with Gasteiger partial charge in [-0.15, -0.1) is 0 Å².